The molecular formula is C28H22N8O7. The second-order valence-electron chi connectivity index (χ2n) is 9.84. The number of hydrogen-bond donors (Lipinski definition) is 5. The van der Waals surface area contributed by atoms with Crippen molar-refractivity contribution in [2.24, 2.45) is 0 Å². The quantitative estimate of drug-likeness (QED) is 0.178. The van der Waals surface area contributed by atoms with E-state index in [-0.39, 0.29) is 45.9 Å². The molecule has 15 nitrogen and oxygen atoms in total. The van der Waals surface area contributed by atoms with Gasteiger partial charge in [0.25, 0.3) is 5.91 Å². The highest BCUT2D eigenvalue weighted by Crippen LogP contribution is 2.27. The van der Waals surface area contributed by atoms with Crippen molar-refractivity contribution >= 4 is 17.8 Å². The van der Waals surface area contributed by atoms with Gasteiger partial charge in [-0.05, 0) is 55.7 Å². The molecule has 43 heavy (non-hydrogen) atoms. The van der Waals surface area contributed by atoms with Crippen molar-refractivity contribution in [3.63, 3.8) is 0 Å². The van der Waals surface area contributed by atoms with Crippen LogP contribution >= 0.6 is 0 Å². The Morgan fingerprint density at radius 2 is 1.21 bits per heavy atom. The monoisotopic (exact) mass is 582 g/mol. The van der Waals surface area contributed by atoms with Gasteiger partial charge in [-0.2, -0.15) is 0 Å². The topological polar surface area (TPSA) is 218 Å². The van der Waals surface area contributed by atoms with Crippen LogP contribution in [0.5, 0.6) is 11.5 Å². The van der Waals surface area contributed by atoms with Crippen LogP contribution in [-0.2, 0) is 0 Å². The van der Waals surface area contributed by atoms with Gasteiger partial charge in [-0.15, -0.1) is 10.2 Å². The summed E-state index contributed by atoms with van der Waals surface area (Å²) in [7, 11) is 0. The highest BCUT2D eigenvalue weighted by atomic mass is 16.4. The second-order valence-corrected chi connectivity index (χ2v) is 9.84. The molecular weight excluding hydrogens is 560 g/mol. The van der Waals surface area contributed by atoms with Crippen molar-refractivity contribution in [2.75, 3.05) is 0 Å². The molecule has 1 aliphatic carbocycles. The number of carboxylic acid groups (broad SMARTS) is 2. The summed E-state index contributed by atoms with van der Waals surface area (Å²) in [6.45, 7) is 0. The minimum absolute atomic E-state index is 0.0808. The molecule has 3 aromatic heterocycles. The Kier molecular flexibility index (Phi) is 6.73. The zero-order valence-corrected chi connectivity index (χ0v) is 22.1. The summed E-state index contributed by atoms with van der Waals surface area (Å²) in [5.41, 5.74) is 1.59. The Bertz CT molecular complexity index is 1790. The molecule has 0 saturated heterocycles. The molecule has 1 fully saturated rings. The summed E-state index contributed by atoms with van der Waals surface area (Å²) in [5, 5.41) is 58.0. The number of phenols is 2. The fraction of sp³-hybridized carbons (Fsp3) is 0.143. The predicted molar refractivity (Wildman–Crippen MR) is 147 cm³/mol. The standard InChI is InChI=1S/C28H22N8O7/c37-24-10-16(4-6-18(24)27(40)41)35-12-22(31-33-35)20-8-14(26(39)29-15-2-1-3-15)9-21(30-20)23-13-36(34-32-23)17-5-7-19(28(42)43)25(38)11-17/h4-13,15,37-38H,1-3H2,(H,29,39)(H,40,41)(H,42,43). The third-order valence-corrected chi connectivity index (χ3v) is 6.99. The van der Waals surface area contributed by atoms with Gasteiger partial charge in [-0.25, -0.2) is 23.9 Å². The maximum Gasteiger partial charge on any atom is 0.339 e. The number of hydrogen-bond acceptors (Lipinski definition) is 10. The SMILES string of the molecule is O=C(NC1CCC1)c1cc(-c2cn(-c3ccc(C(=O)O)c(O)c3)nn2)nc(-c2cn(-c3ccc(C(=O)O)c(O)c3)nn2)c1. The first-order valence-electron chi connectivity index (χ1n) is 13.0. The van der Waals surface area contributed by atoms with Gasteiger partial charge in [0.05, 0.1) is 35.2 Å². The lowest BCUT2D eigenvalue weighted by Gasteiger charge is -2.26. The van der Waals surface area contributed by atoms with Crippen molar-refractivity contribution in [3.8, 4) is 45.6 Å². The summed E-state index contributed by atoms with van der Waals surface area (Å²) < 4.78 is 2.65. The molecule has 0 bridgehead atoms. The lowest BCUT2D eigenvalue weighted by atomic mass is 9.93. The zero-order valence-electron chi connectivity index (χ0n) is 22.1. The van der Waals surface area contributed by atoms with E-state index in [0.29, 0.717) is 16.9 Å². The van der Waals surface area contributed by atoms with Crippen LogP contribution < -0.4 is 5.32 Å². The van der Waals surface area contributed by atoms with Gasteiger partial charge in [0.1, 0.15) is 34.0 Å². The lowest BCUT2D eigenvalue weighted by Crippen LogP contribution is -2.39. The highest BCUT2D eigenvalue weighted by Gasteiger charge is 2.23. The normalized spacial score (nSPS) is 12.9. The number of aromatic hydroxyl groups is 2. The number of pyridine rings is 1. The molecule has 0 radical (unpaired) electrons. The number of carbonyl (C=O) groups is 3. The lowest BCUT2D eigenvalue weighted by molar-refractivity contribution is 0.0682. The van der Waals surface area contributed by atoms with Gasteiger partial charge >= 0.3 is 11.9 Å². The first kappa shape index (κ1) is 27.1. The van der Waals surface area contributed by atoms with E-state index in [4.69, 9.17) is 0 Å². The van der Waals surface area contributed by atoms with E-state index in [2.05, 4.69) is 30.9 Å². The summed E-state index contributed by atoms with van der Waals surface area (Å²) in [5.74, 6) is -3.74. The van der Waals surface area contributed by atoms with E-state index in [1.54, 1.807) is 12.1 Å². The van der Waals surface area contributed by atoms with Crippen molar-refractivity contribution in [3.05, 3.63) is 77.6 Å². The van der Waals surface area contributed by atoms with Crippen LogP contribution in [0.3, 0.4) is 0 Å². The molecule has 6 rings (SSSR count). The smallest absolute Gasteiger partial charge is 0.339 e. The number of nitrogens with one attached hydrogen (secondary N) is 1. The van der Waals surface area contributed by atoms with Crippen LogP contribution in [-0.4, -0.2) is 79.3 Å². The maximum absolute atomic E-state index is 13.1. The molecule has 1 saturated carbocycles. The molecule has 1 amide bonds. The third-order valence-electron chi connectivity index (χ3n) is 6.99. The summed E-state index contributed by atoms with van der Waals surface area (Å²) in [6, 6.07) is 11.1. The van der Waals surface area contributed by atoms with Gasteiger partial charge in [-0.1, -0.05) is 10.4 Å². The van der Waals surface area contributed by atoms with E-state index in [1.165, 1.54) is 58.2 Å². The Hall–Kier alpha value is -6.12. The number of carbonyl (C=O) groups excluding carboxylic acids is 1. The van der Waals surface area contributed by atoms with Gasteiger partial charge in [0.15, 0.2) is 0 Å². The van der Waals surface area contributed by atoms with Crippen LogP contribution in [0, 0.1) is 0 Å². The van der Waals surface area contributed by atoms with E-state index >= 15 is 0 Å². The van der Waals surface area contributed by atoms with E-state index < -0.39 is 23.4 Å². The number of nitrogens with zero attached hydrogens (tertiary/aromatic N) is 7. The van der Waals surface area contributed by atoms with Crippen LogP contribution in [0.4, 0.5) is 0 Å². The first-order chi connectivity index (χ1) is 20.7. The highest BCUT2D eigenvalue weighted by molar-refractivity contribution is 5.96. The molecule has 216 valence electrons. The third kappa shape index (κ3) is 5.33. The van der Waals surface area contributed by atoms with Crippen LogP contribution in [0.1, 0.15) is 50.3 Å². The number of benzene rings is 2. The molecule has 3 heterocycles. The van der Waals surface area contributed by atoms with E-state index in [9.17, 15) is 34.8 Å². The molecule has 2 aromatic carbocycles. The second kappa shape index (κ2) is 10.7. The first-order valence-corrected chi connectivity index (χ1v) is 13.0. The number of amides is 1. The number of rotatable bonds is 8. The van der Waals surface area contributed by atoms with Crippen LogP contribution in [0.2, 0.25) is 0 Å². The van der Waals surface area contributed by atoms with Gasteiger partial charge in [-0.3, -0.25) is 4.79 Å². The molecule has 5 N–H and O–H groups in total. The van der Waals surface area contributed by atoms with Gasteiger partial charge in [0, 0.05) is 23.7 Å². The largest absolute Gasteiger partial charge is 0.507 e. The Morgan fingerprint density at radius 3 is 1.60 bits per heavy atom. The molecule has 0 aliphatic heterocycles. The Morgan fingerprint density at radius 1 is 0.721 bits per heavy atom. The fourth-order valence-electron chi connectivity index (χ4n) is 4.45. The van der Waals surface area contributed by atoms with Gasteiger partial charge < -0.3 is 25.7 Å². The van der Waals surface area contributed by atoms with Crippen molar-refractivity contribution in [1.29, 1.82) is 0 Å². The zero-order chi connectivity index (χ0) is 30.2. The number of aromatic nitrogens is 7. The molecule has 1 aliphatic rings. The van der Waals surface area contributed by atoms with Gasteiger partial charge in [0.2, 0.25) is 0 Å². The van der Waals surface area contributed by atoms with Crippen LogP contribution in [0.25, 0.3) is 34.2 Å². The Labute approximate surface area is 241 Å². The van der Waals surface area contributed by atoms with Crippen molar-refractivity contribution in [1.82, 2.24) is 40.3 Å². The molecule has 5 aromatic rings. The fourth-order valence-corrected chi connectivity index (χ4v) is 4.45. The molecule has 0 atom stereocenters. The minimum Gasteiger partial charge on any atom is -0.507 e. The van der Waals surface area contributed by atoms with E-state index in [1.807, 2.05) is 0 Å². The van der Waals surface area contributed by atoms with Crippen molar-refractivity contribution < 1.29 is 34.8 Å². The number of aromatic carboxylic acids is 2. The molecule has 15 heteroatoms. The summed E-state index contributed by atoms with van der Waals surface area (Å²) in [4.78, 5) is 40.3. The van der Waals surface area contributed by atoms with E-state index in [0.717, 1.165) is 19.3 Å². The average Bonchev–Trinajstić information content (AvgIpc) is 3.65. The summed E-state index contributed by atoms with van der Waals surface area (Å²) in [6.07, 6.45) is 5.84. The number of carboxylic acids is 2. The average molecular weight is 583 g/mol. The van der Waals surface area contributed by atoms with Crippen LogP contribution in [0.15, 0.2) is 60.9 Å². The minimum atomic E-state index is -1.27. The predicted octanol–water partition coefficient (Wildman–Crippen LogP) is 2.67. The maximum atomic E-state index is 13.1. The summed E-state index contributed by atoms with van der Waals surface area (Å²) >= 11 is 0. The van der Waals surface area contributed by atoms with Crippen molar-refractivity contribution in [2.45, 2.75) is 25.3 Å². The Balaban J connectivity index is 1.37. The molecule has 0 unspecified atom stereocenters. The molecule has 0 spiro atoms.